The van der Waals surface area contributed by atoms with E-state index >= 15 is 0 Å². The zero-order chi connectivity index (χ0) is 8.65. The molecule has 0 aromatic rings. The Hall–Kier alpha value is -0.530. The molecule has 1 aliphatic rings. The Labute approximate surface area is 67.6 Å². The van der Waals surface area contributed by atoms with Gasteiger partial charge in [-0.05, 0) is 31.6 Å². The van der Waals surface area contributed by atoms with Crippen molar-refractivity contribution in [3.05, 3.63) is 0 Å². The molecule has 0 bridgehead atoms. The van der Waals surface area contributed by atoms with Crippen molar-refractivity contribution >= 4 is 5.97 Å². The number of rotatable bonds is 2. The Kier molecular flexibility index (Phi) is 1.95. The second kappa shape index (κ2) is 2.50. The molecule has 0 atom stereocenters. The van der Waals surface area contributed by atoms with Gasteiger partial charge in [0.15, 0.2) is 0 Å². The fraction of sp³-hybridized carbons (Fsp3) is 0.889. The van der Waals surface area contributed by atoms with Crippen LogP contribution in [0, 0.1) is 17.3 Å². The van der Waals surface area contributed by atoms with Crippen molar-refractivity contribution in [3.8, 4) is 0 Å². The molecule has 0 aromatic heterocycles. The second-order valence-corrected chi connectivity index (χ2v) is 4.28. The first kappa shape index (κ1) is 8.57. The molecule has 1 aliphatic carbocycles. The molecule has 2 nitrogen and oxygen atoms in total. The first-order valence-electron chi connectivity index (χ1n) is 4.19. The van der Waals surface area contributed by atoms with Crippen molar-refractivity contribution in [3.63, 3.8) is 0 Å². The van der Waals surface area contributed by atoms with Gasteiger partial charge in [0.05, 0.1) is 5.41 Å². The van der Waals surface area contributed by atoms with Crippen LogP contribution in [0.1, 0.15) is 33.6 Å². The maximum absolute atomic E-state index is 10.7. The van der Waals surface area contributed by atoms with Crippen molar-refractivity contribution in [2.24, 2.45) is 17.3 Å². The lowest BCUT2D eigenvalue weighted by Gasteiger charge is -2.44. The van der Waals surface area contributed by atoms with Crippen LogP contribution in [-0.2, 0) is 4.79 Å². The number of hydrogen-bond acceptors (Lipinski definition) is 1. The van der Waals surface area contributed by atoms with Gasteiger partial charge in [-0.1, -0.05) is 13.8 Å². The van der Waals surface area contributed by atoms with Crippen LogP contribution in [-0.4, -0.2) is 11.1 Å². The molecular weight excluding hydrogens is 140 g/mol. The summed E-state index contributed by atoms with van der Waals surface area (Å²) in [6, 6.07) is 0. The SMILES string of the molecule is CC(C)[C@H]1C[C@@](C)(C(=O)O)C1. The molecule has 64 valence electrons. The Morgan fingerprint density at radius 2 is 2.00 bits per heavy atom. The zero-order valence-corrected chi connectivity index (χ0v) is 7.42. The summed E-state index contributed by atoms with van der Waals surface area (Å²) in [5, 5.41) is 8.79. The third kappa shape index (κ3) is 1.39. The van der Waals surface area contributed by atoms with Crippen LogP contribution < -0.4 is 0 Å². The lowest BCUT2D eigenvalue weighted by Crippen LogP contribution is -2.43. The number of carbonyl (C=O) groups is 1. The summed E-state index contributed by atoms with van der Waals surface area (Å²) in [6.45, 7) is 6.16. The molecule has 0 spiro atoms. The van der Waals surface area contributed by atoms with E-state index in [1.807, 2.05) is 6.92 Å². The molecule has 1 fully saturated rings. The number of aliphatic carboxylic acids is 1. The van der Waals surface area contributed by atoms with Crippen LogP contribution >= 0.6 is 0 Å². The summed E-state index contributed by atoms with van der Waals surface area (Å²) in [7, 11) is 0. The fourth-order valence-electron chi connectivity index (χ4n) is 1.74. The molecule has 0 amide bonds. The highest BCUT2D eigenvalue weighted by Crippen LogP contribution is 2.48. The summed E-state index contributed by atoms with van der Waals surface area (Å²) >= 11 is 0. The molecule has 2 heteroatoms. The van der Waals surface area contributed by atoms with E-state index < -0.39 is 11.4 Å². The number of carboxylic acid groups (broad SMARTS) is 1. The molecule has 1 N–H and O–H groups in total. The Balaban J connectivity index is 2.44. The Bertz CT molecular complexity index is 166. The molecule has 1 rings (SSSR count). The normalized spacial score (nSPS) is 36.9. The molecule has 0 unspecified atom stereocenters. The van der Waals surface area contributed by atoms with Crippen LogP contribution in [0.5, 0.6) is 0 Å². The van der Waals surface area contributed by atoms with Gasteiger partial charge < -0.3 is 5.11 Å². The highest BCUT2D eigenvalue weighted by molar-refractivity contribution is 5.75. The third-order valence-electron chi connectivity index (χ3n) is 2.88. The van der Waals surface area contributed by atoms with E-state index in [4.69, 9.17) is 5.11 Å². The first-order valence-corrected chi connectivity index (χ1v) is 4.19. The van der Waals surface area contributed by atoms with Crippen molar-refractivity contribution < 1.29 is 9.90 Å². The van der Waals surface area contributed by atoms with E-state index in [1.54, 1.807) is 0 Å². The molecule has 0 aromatic carbocycles. The summed E-state index contributed by atoms with van der Waals surface area (Å²) in [4.78, 5) is 10.7. The highest BCUT2D eigenvalue weighted by Gasteiger charge is 2.46. The molecule has 1 saturated carbocycles. The molecular formula is C9H16O2. The number of carboxylic acids is 1. The largest absolute Gasteiger partial charge is 0.481 e. The summed E-state index contributed by atoms with van der Waals surface area (Å²) in [5.74, 6) is 0.646. The van der Waals surface area contributed by atoms with E-state index in [1.165, 1.54) is 0 Å². The Morgan fingerprint density at radius 1 is 1.55 bits per heavy atom. The third-order valence-corrected chi connectivity index (χ3v) is 2.88. The van der Waals surface area contributed by atoms with Crippen LogP contribution in [0.15, 0.2) is 0 Å². The summed E-state index contributed by atoms with van der Waals surface area (Å²) < 4.78 is 0. The van der Waals surface area contributed by atoms with E-state index in [0.29, 0.717) is 11.8 Å². The van der Waals surface area contributed by atoms with Gasteiger partial charge in [0.1, 0.15) is 0 Å². The summed E-state index contributed by atoms with van der Waals surface area (Å²) in [5.41, 5.74) is -0.408. The van der Waals surface area contributed by atoms with Crippen LogP contribution in [0.25, 0.3) is 0 Å². The minimum Gasteiger partial charge on any atom is -0.481 e. The molecule has 0 saturated heterocycles. The Morgan fingerprint density at radius 3 is 2.27 bits per heavy atom. The van der Waals surface area contributed by atoms with E-state index in [-0.39, 0.29) is 0 Å². The average Bonchev–Trinajstić information content (AvgIpc) is 1.79. The lowest BCUT2D eigenvalue weighted by molar-refractivity contribution is -0.157. The zero-order valence-electron chi connectivity index (χ0n) is 7.42. The molecule has 0 radical (unpaired) electrons. The quantitative estimate of drug-likeness (QED) is 0.665. The minimum absolute atomic E-state index is 0.408. The van der Waals surface area contributed by atoms with E-state index in [9.17, 15) is 4.79 Å². The lowest BCUT2D eigenvalue weighted by atomic mass is 9.60. The van der Waals surface area contributed by atoms with Gasteiger partial charge in [-0.2, -0.15) is 0 Å². The predicted molar refractivity (Wildman–Crippen MR) is 43.3 cm³/mol. The maximum atomic E-state index is 10.7. The van der Waals surface area contributed by atoms with Gasteiger partial charge in [-0.3, -0.25) is 4.79 Å². The van der Waals surface area contributed by atoms with Crippen molar-refractivity contribution in [1.29, 1.82) is 0 Å². The van der Waals surface area contributed by atoms with Gasteiger partial charge in [0.2, 0.25) is 0 Å². The number of hydrogen-bond donors (Lipinski definition) is 1. The van der Waals surface area contributed by atoms with Crippen molar-refractivity contribution in [2.45, 2.75) is 33.6 Å². The van der Waals surface area contributed by atoms with Gasteiger partial charge in [-0.15, -0.1) is 0 Å². The van der Waals surface area contributed by atoms with Gasteiger partial charge in [0, 0.05) is 0 Å². The van der Waals surface area contributed by atoms with Crippen LogP contribution in [0.3, 0.4) is 0 Å². The molecule has 11 heavy (non-hydrogen) atoms. The van der Waals surface area contributed by atoms with Crippen molar-refractivity contribution in [1.82, 2.24) is 0 Å². The highest BCUT2D eigenvalue weighted by atomic mass is 16.4. The first-order chi connectivity index (χ1) is 4.96. The van der Waals surface area contributed by atoms with E-state index in [2.05, 4.69) is 13.8 Å². The summed E-state index contributed by atoms with van der Waals surface area (Å²) in [6.07, 6.45) is 1.72. The van der Waals surface area contributed by atoms with Gasteiger partial charge in [0.25, 0.3) is 0 Å². The predicted octanol–water partition coefficient (Wildman–Crippen LogP) is 2.14. The molecule has 0 heterocycles. The maximum Gasteiger partial charge on any atom is 0.309 e. The van der Waals surface area contributed by atoms with E-state index in [0.717, 1.165) is 12.8 Å². The average molecular weight is 156 g/mol. The smallest absolute Gasteiger partial charge is 0.309 e. The standard InChI is InChI=1S/C9H16O2/c1-6(2)7-4-9(3,5-7)8(10)11/h6-7H,4-5H2,1-3H3,(H,10,11)/t7-,9+. The fourth-order valence-corrected chi connectivity index (χ4v) is 1.74. The minimum atomic E-state index is -0.630. The van der Waals surface area contributed by atoms with Crippen LogP contribution in [0.2, 0.25) is 0 Å². The van der Waals surface area contributed by atoms with Crippen LogP contribution in [0.4, 0.5) is 0 Å². The molecule has 0 aliphatic heterocycles. The second-order valence-electron chi connectivity index (χ2n) is 4.28. The van der Waals surface area contributed by atoms with Crippen molar-refractivity contribution in [2.75, 3.05) is 0 Å². The van der Waals surface area contributed by atoms with Gasteiger partial charge >= 0.3 is 5.97 Å². The van der Waals surface area contributed by atoms with Gasteiger partial charge in [-0.25, -0.2) is 0 Å². The monoisotopic (exact) mass is 156 g/mol. The topological polar surface area (TPSA) is 37.3 Å².